The molecule has 5 heteroatoms. The van der Waals surface area contributed by atoms with Crippen molar-refractivity contribution in [2.75, 3.05) is 6.54 Å². The minimum atomic E-state index is -0.885. The van der Waals surface area contributed by atoms with Gasteiger partial charge in [0, 0.05) is 18.2 Å². The third-order valence-electron chi connectivity index (χ3n) is 3.20. The summed E-state index contributed by atoms with van der Waals surface area (Å²) in [6.07, 6.45) is 3.37. The van der Waals surface area contributed by atoms with Gasteiger partial charge < -0.3 is 14.4 Å². The molecule has 1 atom stereocenters. The summed E-state index contributed by atoms with van der Waals surface area (Å²) in [5.74, 6) is -1.33. The lowest BCUT2D eigenvalue weighted by atomic mass is 10.1. The second-order valence-corrected chi connectivity index (χ2v) is 4.86. The highest BCUT2D eigenvalue weighted by Crippen LogP contribution is 2.29. The molecule has 1 aromatic heterocycles. The Balaban J connectivity index is 2.13. The summed E-state index contributed by atoms with van der Waals surface area (Å²) < 4.78 is 5.19. The van der Waals surface area contributed by atoms with Gasteiger partial charge in [-0.25, -0.2) is 0 Å². The quantitative estimate of drug-likeness (QED) is 0.867. The first kappa shape index (κ1) is 12.7. The molecule has 1 heterocycles. The lowest BCUT2D eigenvalue weighted by Crippen LogP contribution is -2.38. The summed E-state index contributed by atoms with van der Waals surface area (Å²) in [6.45, 7) is 3.65. The molecule has 0 saturated heterocycles. The molecule has 0 unspecified atom stereocenters. The summed E-state index contributed by atoms with van der Waals surface area (Å²) >= 11 is 0. The molecule has 0 aliphatic heterocycles. The smallest absolute Gasteiger partial charge is 0.308 e. The second-order valence-electron chi connectivity index (χ2n) is 4.86. The average Bonchev–Trinajstić information content (AvgIpc) is 3.07. The van der Waals surface area contributed by atoms with E-state index in [4.69, 9.17) is 9.52 Å². The Kier molecular flexibility index (Phi) is 3.41. The summed E-state index contributed by atoms with van der Waals surface area (Å²) in [6, 6.07) is 1.91. The second kappa shape index (κ2) is 4.84. The van der Waals surface area contributed by atoms with Crippen LogP contribution < -0.4 is 0 Å². The van der Waals surface area contributed by atoms with E-state index in [0.29, 0.717) is 5.76 Å². The summed E-state index contributed by atoms with van der Waals surface area (Å²) in [5, 5.41) is 8.94. The van der Waals surface area contributed by atoms with Crippen molar-refractivity contribution in [3.05, 3.63) is 23.7 Å². The van der Waals surface area contributed by atoms with E-state index >= 15 is 0 Å². The molecule has 1 N–H and O–H groups in total. The van der Waals surface area contributed by atoms with Crippen LogP contribution in [0.3, 0.4) is 0 Å². The monoisotopic (exact) mass is 251 g/mol. The van der Waals surface area contributed by atoms with Crippen LogP contribution in [0.2, 0.25) is 0 Å². The van der Waals surface area contributed by atoms with Crippen LogP contribution in [-0.2, 0) is 4.79 Å². The Hall–Kier alpha value is -1.78. The zero-order chi connectivity index (χ0) is 13.3. The molecule has 98 valence electrons. The molecule has 1 saturated carbocycles. The van der Waals surface area contributed by atoms with Crippen LogP contribution in [0.1, 0.15) is 35.9 Å². The molecule has 1 aliphatic rings. The molecule has 0 spiro atoms. The zero-order valence-corrected chi connectivity index (χ0v) is 10.5. The summed E-state index contributed by atoms with van der Waals surface area (Å²) in [4.78, 5) is 24.8. The molecule has 1 aliphatic carbocycles. The Labute approximate surface area is 105 Å². The Morgan fingerprint density at radius 2 is 2.22 bits per heavy atom. The number of carbonyl (C=O) groups is 2. The number of hydrogen-bond acceptors (Lipinski definition) is 3. The van der Waals surface area contributed by atoms with Crippen molar-refractivity contribution in [2.45, 2.75) is 32.7 Å². The number of carboxylic acids is 1. The topological polar surface area (TPSA) is 70.8 Å². The first-order valence-corrected chi connectivity index (χ1v) is 6.08. The van der Waals surface area contributed by atoms with Crippen LogP contribution in [-0.4, -0.2) is 34.5 Å². The third kappa shape index (κ3) is 2.55. The van der Waals surface area contributed by atoms with Gasteiger partial charge in [-0.2, -0.15) is 0 Å². The van der Waals surface area contributed by atoms with Crippen LogP contribution >= 0.6 is 0 Å². The largest absolute Gasteiger partial charge is 0.481 e. The van der Waals surface area contributed by atoms with E-state index < -0.39 is 11.9 Å². The zero-order valence-electron chi connectivity index (χ0n) is 10.5. The molecule has 1 aromatic rings. The number of rotatable bonds is 5. The summed E-state index contributed by atoms with van der Waals surface area (Å²) in [5.41, 5.74) is 0.786. The van der Waals surface area contributed by atoms with Gasteiger partial charge in [0.25, 0.3) is 5.91 Å². The number of furan rings is 1. The molecule has 2 rings (SSSR count). The van der Waals surface area contributed by atoms with Crippen LogP contribution in [0.25, 0.3) is 0 Å². The highest BCUT2D eigenvalue weighted by Gasteiger charge is 2.36. The molecule has 18 heavy (non-hydrogen) atoms. The minimum Gasteiger partial charge on any atom is -0.481 e. The predicted molar refractivity (Wildman–Crippen MR) is 64.3 cm³/mol. The van der Waals surface area contributed by atoms with E-state index in [9.17, 15) is 9.59 Å². The molecular weight excluding hydrogens is 234 g/mol. The van der Waals surface area contributed by atoms with E-state index in [1.807, 2.05) is 6.92 Å². The predicted octanol–water partition coefficient (Wildman–Crippen LogP) is 1.91. The number of carboxylic acid groups (broad SMARTS) is 1. The maximum atomic E-state index is 12.3. The van der Waals surface area contributed by atoms with Crippen molar-refractivity contribution in [3.8, 4) is 0 Å². The van der Waals surface area contributed by atoms with Crippen molar-refractivity contribution >= 4 is 11.9 Å². The van der Waals surface area contributed by atoms with Gasteiger partial charge in [-0.3, -0.25) is 9.59 Å². The van der Waals surface area contributed by atoms with Gasteiger partial charge in [0.2, 0.25) is 0 Å². The van der Waals surface area contributed by atoms with E-state index in [0.717, 1.165) is 18.4 Å². The molecule has 0 radical (unpaired) electrons. The number of aliphatic carboxylic acids is 1. The Morgan fingerprint density at radius 3 is 2.67 bits per heavy atom. The highest BCUT2D eigenvalue weighted by molar-refractivity contribution is 5.93. The number of hydrogen-bond donors (Lipinski definition) is 1. The van der Waals surface area contributed by atoms with Crippen LogP contribution in [0.4, 0.5) is 0 Å². The Morgan fingerprint density at radius 1 is 1.56 bits per heavy atom. The van der Waals surface area contributed by atoms with Crippen molar-refractivity contribution in [1.29, 1.82) is 0 Å². The maximum absolute atomic E-state index is 12.3. The van der Waals surface area contributed by atoms with Crippen molar-refractivity contribution in [2.24, 2.45) is 5.92 Å². The van der Waals surface area contributed by atoms with Crippen molar-refractivity contribution in [3.63, 3.8) is 0 Å². The van der Waals surface area contributed by atoms with E-state index in [1.165, 1.54) is 6.26 Å². The van der Waals surface area contributed by atoms with Crippen molar-refractivity contribution < 1.29 is 19.1 Å². The number of amides is 1. The van der Waals surface area contributed by atoms with E-state index in [1.54, 1.807) is 17.9 Å². The third-order valence-corrected chi connectivity index (χ3v) is 3.20. The number of carbonyl (C=O) groups excluding carboxylic acids is 1. The highest BCUT2D eigenvalue weighted by atomic mass is 16.4. The maximum Gasteiger partial charge on any atom is 0.308 e. The van der Waals surface area contributed by atoms with Gasteiger partial charge >= 0.3 is 5.97 Å². The fourth-order valence-electron chi connectivity index (χ4n) is 1.88. The molecular formula is C13H17NO4. The van der Waals surface area contributed by atoms with Crippen molar-refractivity contribution in [1.82, 2.24) is 4.90 Å². The lowest BCUT2D eigenvalue weighted by molar-refractivity contribution is -0.141. The molecule has 0 bridgehead atoms. The van der Waals surface area contributed by atoms with Gasteiger partial charge in [-0.15, -0.1) is 0 Å². The van der Waals surface area contributed by atoms with Crippen LogP contribution in [0, 0.1) is 12.8 Å². The molecule has 5 nitrogen and oxygen atoms in total. The normalized spacial score (nSPS) is 16.3. The number of nitrogens with zero attached hydrogens (tertiary/aromatic N) is 1. The lowest BCUT2D eigenvalue weighted by Gasteiger charge is -2.23. The number of aryl methyl sites for hydroxylation is 1. The molecule has 1 amide bonds. The van der Waals surface area contributed by atoms with Gasteiger partial charge in [-0.1, -0.05) is 6.92 Å². The van der Waals surface area contributed by atoms with Gasteiger partial charge in [0.1, 0.15) is 0 Å². The first-order valence-electron chi connectivity index (χ1n) is 6.08. The SMILES string of the molecule is Cc1ccoc1C(=O)N(C[C@H](C)C(=O)O)C1CC1. The fourth-order valence-corrected chi connectivity index (χ4v) is 1.88. The van der Waals surface area contributed by atoms with Gasteiger partial charge in [0.05, 0.1) is 12.2 Å². The van der Waals surface area contributed by atoms with E-state index in [2.05, 4.69) is 0 Å². The van der Waals surface area contributed by atoms with Crippen LogP contribution in [0.5, 0.6) is 0 Å². The minimum absolute atomic E-state index is 0.170. The molecule has 0 aromatic carbocycles. The first-order chi connectivity index (χ1) is 8.50. The average molecular weight is 251 g/mol. The van der Waals surface area contributed by atoms with Crippen LogP contribution in [0.15, 0.2) is 16.7 Å². The Bertz CT molecular complexity index is 461. The van der Waals surface area contributed by atoms with E-state index in [-0.39, 0.29) is 18.5 Å². The molecule has 1 fully saturated rings. The van der Waals surface area contributed by atoms with Gasteiger partial charge in [0.15, 0.2) is 5.76 Å². The fraction of sp³-hybridized carbons (Fsp3) is 0.538. The van der Waals surface area contributed by atoms with Gasteiger partial charge in [-0.05, 0) is 25.8 Å². The summed E-state index contributed by atoms with van der Waals surface area (Å²) in [7, 11) is 0. The standard InChI is InChI=1S/C13H17NO4/c1-8-5-6-18-11(8)12(15)14(10-3-4-10)7-9(2)13(16)17/h5-6,9-10H,3-4,7H2,1-2H3,(H,16,17)/t9-/m0/s1.